The van der Waals surface area contributed by atoms with Crippen molar-refractivity contribution in [2.24, 2.45) is 5.92 Å². The number of aromatic amines is 1. The van der Waals surface area contributed by atoms with Crippen molar-refractivity contribution in [3.8, 4) is 11.5 Å². The lowest BCUT2D eigenvalue weighted by Crippen LogP contribution is -2.34. The Kier molecular flexibility index (Phi) is 6.20. The molecule has 1 aromatic heterocycles. The first-order chi connectivity index (χ1) is 12.6. The zero-order valence-electron chi connectivity index (χ0n) is 16.2. The number of H-pyrrole nitrogens is 1. The quantitative estimate of drug-likeness (QED) is 0.783. The van der Waals surface area contributed by atoms with Crippen LogP contribution in [0, 0.1) is 5.92 Å². The summed E-state index contributed by atoms with van der Waals surface area (Å²) in [5.41, 5.74) is 3.59. The van der Waals surface area contributed by atoms with Crippen LogP contribution >= 0.6 is 0 Å². The predicted octanol–water partition coefficient (Wildman–Crippen LogP) is 4.09. The van der Waals surface area contributed by atoms with Crippen LogP contribution in [0.1, 0.15) is 56.4 Å². The highest BCUT2D eigenvalue weighted by Gasteiger charge is 2.25. The third-order valence-corrected chi connectivity index (χ3v) is 5.07. The average molecular weight is 357 g/mol. The van der Waals surface area contributed by atoms with Crippen LogP contribution in [0.25, 0.3) is 0 Å². The molecule has 2 heterocycles. The van der Waals surface area contributed by atoms with Crippen molar-refractivity contribution in [2.45, 2.75) is 52.5 Å². The number of aromatic nitrogens is 2. The lowest BCUT2D eigenvalue weighted by atomic mass is 9.90. The van der Waals surface area contributed by atoms with Gasteiger partial charge in [-0.1, -0.05) is 26.0 Å². The van der Waals surface area contributed by atoms with Crippen LogP contribution in [0.2, 0.25) is 0 Å². The van der Waals surface area contributed by atoms with Gasteiger partial charge >= 0.3 is 0 Å². The van der Waals surface area contributed by atoms with Crippen molar-refractivity contribution in [3.05, 3.63) is 41.2 Å². The van der Waals surface area contributed by atoms with E-state index in [1.165, 1.54) is 17.7 Å². The molecule has 1 atom stereocenters. The fourth-order valence-electron chi connectivity index (χ4n) is 3.92. The molecule has 26 heavy (non-hydrogen) atoms. The molecule has 0 amide bonds. The van der Waals surface area contributed by atoms with Crippen molar-refractivity contribution in [1.82, 2.24) is 15.1 Å². The van der Waals surface area contributed by atoms with E-state index in [0.29, 0.717) is 24.2 Å². The number of hydrogen-bond acceptors (Lipinski definition) is 4. The van der Waals surface area contributed by atoms with E-state index in [2.05, 4.69) is 28.9 Å². The van der Waals surface area contributed by atoms with Gasteiger partial charge in [0.25, 0.3) is 0 Å². The highest BCUT2D eigenvalue weighted by atomic mass is 16.5. The molecule has 0 bridgehead atoms. The van der Waals surface area contributed by atoms with Gasteiger partial charge in [0, 0.05) is 30.3 Å². The molecule has 2 aromatic rings. The standard InChI is InChI=1S/C21H31N3O2/c1-4-26-19-9-5-7-17(21(19)25)14-24-10-6-8-16(13-24)20-18(11-15(2)3)12-22-23-20/h5,7,9,12,15-16,25H,4,6,8,10-11,13-14H2,1-3H3,(H,22,23)/t16-/m1/s1. The SMILES string of the molecule is CCOc1cccc(CN2CCC[C@@H](c3[nH]ncc3CC(C)C)C2)c1O. The summed E-state index contributed by atoms with van der Waals surface area (Å²) in [7, 11) is 0. The van der Waals surface area contributed by atoms with Crippen LogP contribution in [0.3, 0.4) is 0 Å². The number of para-hydroxylation sites is 1. The maximum Gasteiger partial charge on any atom is 0.162 e. The number of hydrogen-bond donors (Lipinski definition) is 2. The van der Waals surface area contributed by atoms with Gasteiger partial charge in [-0.25, -0.2) is 0 Å². The Balaban J connectivity index is 1.70. The Morgan fingerprint density at radius 2 is 2.19 bits per heavy atom. The van der Waals surface area contributed by atoms with Crippen LogP contribution in [0.5, 0.6) is 11.5 Å². The minimum atomic E-state index is 0.276. The van der Waals surface area contributed by atoms with Crippen molar-refractivity contribution >= 4 is 0 Å². The molecule has 0 unspecified atom stereocenters. The van der Waals surface area contributed by atoms with Gasteiger partial charge < -0.3 is 9.84 Å². The molecule has 5 heteroatoms. The average Bonchev–Trinajstić information content (AvgIpc) is 3.06. The number of ether oxygens (including phenoxy) is 1. The van der Waals surface area contributed by atoms with E-state index in [-0.39, 0.29) is 5.75 Å². The molecule has 142 valence electrons. The number of likely N-dealkylation sites (tertiary alicyclic amines) is 1. The molecular formula is C21H31N3O2. The van der Waals surface area contributed by atoms with Crippen LogP contribution in [-0.2, 0) is 13.0 Å². The molecule has 1 aliphatic heterocycles. The number of aromatic hydroxyl groups is 1. The lowest BCUT2D eigenvalue weighted by molar-refractivity contribution is 0.195. The minimum absolute atomic E-state index is 0.276. The van der Waals surface area contributed by atoms with Crippen LogP contribution in [0.15, 0.2) is 24.4 Å². The van der Waals surface area contributed by atoms with Crippen molar-refractivity contribution in [3.63, 3.8) is 0 Å². The summed E-state index contributed by atoms with van der Waals surface area (Å²) in [4.78, 5) is 2.43. The zero-order chi connectivity index (χ0) is 18.5. The number of piperidine rings is 1. The summed E-state index contributed by atoms with van der Waals surface area (Å²) < 4.78 is 5.52. The fourth-order valence-corrected chi connectivity index (χ4v) is 3.92. The van der Waals surface area contributed by atoms with Gasteiger partial charge in [0.15, 0.2) is 11.5 Å². The van der Waals surface area contributed by atoms with Gasteiger partial charge in [-0.3, -0.25) is 10.00 Å². The van der Waals surface area contributed by atoms with Crippen LogP contribution in [-0.4, -0.2) is 39.9 Å². The van der Waals surface area contributed by atoms with Crippen molar-refractivity contribution in [2.75, 3.05) is 19.7 Å². The maximum atomic E-state index is 10.5. The largest absolute Gasteiger partial charge is 0.504 e. The second-order valence-corrected chi connectivity index (χ2v) is 7.68. The van der Waals surface area contributed by atoms with Crippen molar-refractivity contribution in [1.29, 1.82) is 0 Å². The number of rotatable bonds is 7. The number of benzene rings is 1. The summed E-state index contributed by atoms with van der Waals surface area (Å²) in [5, 5.41) is 18.0. The van der Waals surface area contributed by atoms with Gasteiger partial charge in [-0.05, 0) is 50.3 Å². The van der Waals surface area contributed by atoms with E-state index >= 15 is 0 Å². The lowest BCUT2D eigenvalue weighted by Gasteiger charge is -2.33. The van der Waals surface area contributed by atoms with E-state index in [4.69, 9.17) is 4.74 Å². The smallest absolute Gasteiger partial charge is 0.162 e. The van der Waals surface area contributed by atoms with Gasteiger partial charge in [0.2, 0.25) is 0 Å². The molecule has 0 aliphatic carbocycles. The van der Waals surface area contributed by atoms with Crippen molar-refractivity contribution < 1.29 is 9.84 Å². The summed E-state index contributed by atoms with van der Waals surface area (Å²) in [6.45, 7) is 9.78. The van der Waals surface area contributed by atoms with E-state index in [1.807, 2.05) is 31.3 Å². The second kappa shape index (κ2) is 8.58. The van der Waals surface area contributed by atoms with Gasteiger partial charge in [0.1, 0.15) is 0 Å². The third kappa shape index (κ3) is 4.39. The Labute approximate surface area is 156 Å². The molecule has 1 aromatic carbocycles. The van der Waals surface area contributed by atoms with E-state index in [9.17, 15) is 5.11 Å². The summed E-state index contributed by atoms with van der Waals surface area (Å²) in [6.07, 6.45) is 5.41. The first-order valence-electron chi connectivity index (χ1n) is 9.76. The monoisotopic (exact) mass is 357 g/mol. The Morgan fingerprint density at radius 3 is 2.96 bits per heavy atom. The topological polar surface area (TPSA) is 61.4 Å². The van der Waals surface area contributed by atoms with Crippen LogP contribution < -0.4 is 4.74 Å². The molecule has 0 radical (unpaired) electrons. The number of phenolic OH excluding ortho intramolecular Hbond substituents is 1. The fraction of sp³-hybridized carbons (Fsp3) is 0.571. The summed E-state index contributed by atoms with van der Waals surface area (Å²) in [6, 6.07) is 5.77. The number of nitrogens with zero attached hydrogens (tertiary/aromatic N) is 2. The van der Waals surface area contributed by atoms with Gasteiger partial charge in [-0.2, -0.15) is 5.10 Å². The van der Waals surface area contributed by atoms with Crippen LogP contribution in [0.4, 0.5) is 0 Å². The Bertz CT molecular complexity index is 711. The number of nitrogens with one attached hydrogen (secondary N) is 1. The molecule has 0 saturated carbocycles. The molecule has 2 N–H and O–H groups in total. The molecule has 0 spiro atoms. The Morgan fingerprint density at radius 1 is 1.35 bits per heavy atom. The highest BCUT2D eigenvalue weighted by molar-refractivity contribution is 5.45. The molecule has 1 saturated heterocycles. The zero-order valence-corrected chi connectivity index (χ0v) is 16.2. The van der Waals surface area contributed by atoms with Gasteiger partial charge in [-0.15, -0.1) is 0 Å². The second-order valence-electron chi connectivity index (χ2n) is 7.68. The Hall–Kier alpha value is -2.01. The first kappa shape index (κ1) is 18.8. The minimum Gasteiger partial charge on any atom is -0.504 e. The molecule has 3 rings (SSSR count). The first-order valence-corrected chi connectivity index (χ1v) is 9.76. The molecular weight excluding hydrogens is 326 g/mol. The normalized spacial score (nSPS) is 18.4. The number of phenols is 1. The molecule has 1 aliphatic rings. The van der Waals surface area contributed by atoms with Gasteiger partial charge in [0.05, 0.1) is 12.8 Å². The van der Waals surface area contributed by atoms with E-state index < -0.39 is 0 Å². The van der Waals surface area contributed by atoms with E-state index in [1.54, 1.807) is 0 Å². The molecule has 1 fully saturated rings. The predicted molar refractivity (Wildman–Crippen MR) is 104 cm³/mol. The maximum absolute atomic E-state index is 10.5. The highest BCUT2D eigenvalue weighted by Crippen LogP contribution is 2.33. The third-order valence-electron chi connectivity index (χ3n) is 5.07. The summed E-state index contributed by atoms with van der Waals surface area (Å²) >= 11 is 0. The molecule has 5 nitrogen and oxygen atoms in total. The van der Waals surface area contributed by atoms with E-state index in [0.717, 1.165) is 38.0 Å². The summed E-state index contributed by atoms with van der Waals surface area (Å²) in [5.74, 6) is 1.96.